The van der Waals surface area contributed by atoms with Gasteiger partial charge in [-0.3, -0.25) is 9.78 Å². The third kappa shape index (κ3) is 2.07. The number of aromatic nitrogens is 1. The minimum Gasteiger partial charge on any atom is -0.492 e. The summed E-state index contributed by atoms with van der Waals surface area (Å²) in [5.41, 5.74) is -0.200. The number of Topliss-reactive ketones (excluding diaryl/α,β-unsaturated/α-hetero) is 1. The first-order valence-corrected chi connectivity index (χ1v) is 3.68. The van der Waals surface area contributed by atoms with Gasteiger partial charge >= 0.3 is 0 Å². The molecule has 1 rings (SSSR count). The van der Waals surface area contributed by atoms with Crippen LogP contribution >= 0.6 is 0 Å². The van der Waals surface area contributed by atoms with E-state index in [4.69, 9.17) is 16.9 Å². The number of hydrogen-bond acceptors (Lipinski definition) is 4. The Labute approximate surface area is 89.2 Å². The molecule has 14 heavy (non-hydrogen) atoms. The van der Waals surface area contributed by atoms with Gasteiger partial charge in [0.25, 0.3) is 0 Å². The monoisotopic (exact) mass is 195 g/mol. The highest BCUT2D eigenvalue weighted by Crippen LogP contribution is 2.17. The highest BCUT2D eigenvalue weighted by molar-refractivity contribution is 5.92. The van der Waals surface area contributed by atoms with Gasteiger partial charge in [0, 0.05) is 23.3 Å². The van der Waals surface area contributed by atoms with Crippen molar-refractivity contribution < 1.29 is 16.4 Å². The average molecular weight is 195 g/mol. The van der Waals surface area contributed by atoms with Crippen molar-refractivity contribution in [2.24, 2.45) is 0 Å². The Hall–Kier alpha value is -1.89. The quantitative estimate of drug-likeness (QED) is 0.686. The third-order valence-electron chi connectivity index (χ3n) is 1.51. The van der Waals surface area contributed by atoms with Gasteiger partial charge < -0.3 is 4.74 Å². The number of ketones is 1. The van der Waals surface area contributed by atoms with Crippen LogP contribution in [0, 0.1) is 11.3 Å². The molecule has 1 aromatic rings. The molecule has 0 aliphatic heterocycles. The number of ether oxygens (including phenoxy) is 1. The molecule has 0 aliphatic rings. The molecule has 72 valence electrons. The lowest BCUT2D eigenvalue weighted by atomic mass is 10.2. The fraction of sp³-hybridized carbons (Fsp3) is 0.300. The molecular weight excluding hydrogens is 180 g/mol. The van der Waals surface area contributed by atoms with Crippen molar-refractivity contribution in [2.45, 2.75) is 13.8 Å². The minimum absolute atomic E-state index is 0.0460. The second-order valence-corrected chi connectivity index (χ2v) is 2.44. The molecule has 4 nitrogen and oxygen atoms in total. The van der Waals surface area contributed by atoms with Gasteiger partial charge in [-0.2, -0.15) is 5.26 Å². The number of hydrogen-bond donors (Lipinski definition) is 0. The van der Waals surface area contributed by atoms with Gasteiger partial charge in [0.15, 0.2) is 5.78 Å². The molecule has 4 heteroatoms. The summed E-state index contributed by atoms with van der Waals surface area (Å²) in [7, 11) is 0. The van der Waals surface area contributed by atoms with Crippen LogP contribution < -0.4 is 4.74 Å². The Morgan fingerprint density at radius 3 is 3.29 bits per heavy atom. The first-order valence-electron chi connectivity index (χ1n) is 6.18. The van der Waals surface area contributed by atoms with Crippen molar-refractivity contribution in [3.63, 3.8) is 0 Å². The van der Waals surface area contributed by atoms with Crippen molar-refractivity contribution in [3.05, 3.63) is 23.5 Å². The normalized spacial score (nSPS) is 16.4. The van der Waals surface area contributed by atoms with E-state index >= 15 is 0 Å². The van der Waals surface area contributed by atoms with Crippen molar-refractivity contribution in [1.29, 1.82) is 5.26 Å². The summed E-state index contributed by atoms with van der Waals surface area (Å²) < 4.78 is 40.5. The molecule has 0 fully saturated rings. The predicted molar refractivity (Wildman–Crippen MR) is 50.1 cm³/mol. The van der Waals surface area contributed by atoms with Gasteiger partial charge in [-0.1, -0.05) is 0 Å². The summed E-state index contributed by atoms with van der Waals surface area (Å²) in [5, 5.41) is 8.83. The third-order valence-corrected chi connectivity index (χ3v) is 1.51. The van der Waals surface area contributed by atoms with Gasteiger partial charge in [0.1, 0.15) is 23.1 Å². The van der Waals surface area contributed by atoms with Gasteiger partial charge in [-0.05, 0) is 6.85 Å². The number of nitrogens with zero attached hydrogens (tertiary/aromatic N) is 2. The Bertz CT molecular complexity index is 548. The summed E-state index contributed by atoms with van der Waals surface area (Å²) in [4.78, 5) is 14.8. The number of pyridine rings is 1. The SMILES string of the molecule is [2H]C([2H])([2H])C([2H])([2H])Oc1cc(C(C)=O)ncc1C#N. The maximum Gasteiger partial charge on any atom is 0.178 e. The van der Waals surface area contributed by atoms with Crippen LogP contribution in [-0.4, -0.2) is 17.3 Å². The van der Waals surface area contributed by atoms with E-state index in [1.54, 1.807) is 6.07 Å². The molecule has 0 unspecified atom stereocenters. The van der Waals surface area contributed by atoms with Crippen molar-refractivity contribution in [1.82, 2.24) is 4.98 Å². The largest absolute Gasteiger partial charge is 0.492 e. The number of nitriles is 1. The van der Waals surface area contributed by atoms with E-state index in [1.807, 2.05) is 0 Å². The molecule has 0 aromatic carbocycles. The lowest BCUT2D eigenvalue weighted by Crippen LogP contribution is -2.01. The van der Waals surface area contributed by atoms with E-state index in [2.05, 4.69) is 4.98 Å². The van der Waals surface area contributed by atoms with Crippen LogP contribution in [0.5, 0.6) is 5.75 Å². The summed E-state index contributed by atoms with van der Waals surface area (Å²) >= 11 is 0. The molecular formula is C10H10N2O2. The Balaban J connectivity index is 3.23. The Morgan fingerprint density at radius 2 is 2.71 bits per heavy atom. The lowest BCUT2D eigenvalue weighted by Gasteiger charge is -2.05. The predicted octanol–water partition coefficient (Wildman–Crippen LogP) is 1.55. The van der Waals surface area contributed by atoms with E-state index in [0.717, 1.165) is 12.3 Å². The Morgan fingerprint density at radius 1 is 1.93 bits per heavy atom. The van der Waals surface area contributed by atoms with Crippen LogP contribution in [0.2, 0.25) is 0 Å². The number of carbonyl (C=O) groups is 1. The molecule has 0 spiro atoms. The molecule has 0 N–H and O–H groups in total. The summed E-state index contributed by atoms with van der Waals surface area (Å²) in [6.07, 6.45) is 1.03. The zero-order valence-electron chi connectivity index (χ0n) is 12.4. The van der Waals surface area contributed by atoms with Crippen LogP contribution in [0.25, 0.3) is 0 Å². The Kier molecular flexibility index (Phi) is 1.60. The fourth-order valence-corrected chi connectivity index (χ4v) is 0.853. The van der Waals surface area contributed by atoms with Crippen molar-refractivity contribution in [2.75, 3.05) is 6.56 Å². The lowest BCUT2D eigenvalue weighted by molar-refractivity contribution is 0.101. The van der Waals surface area contributed by atoms with Crippen molar-refractivity contribution >= 4 is 5.78 Å². The fourth-order valence-electron chi connectivity index (χ4n) is 0.853. The van der Waals surface area contributed by atoms with E-state index in [-0.39, 0.29) is 17.0 Å². The highest BCUT2D eigenvalue weighted by Gasteiger charge is 2.08. The molecule has 0 atom stereocenters. The van der Waals surface area contributed by atoms with Crippen LogP contribution in [0.15, 0.2) is 12.3 Å². The van der Waals surface area contributed by atoms with Gasteiger partial charge in [0.2, 0.25) is 0 Å². The molecule has 1 heterocycles. The average Bonchev–Trinajstić information content (AvgIpc) is 2.26. The molecule has 0 bridgehead atoms. The second kappa shape index (κ2) is 4.38. The summed E-state index contributed by atoms with van der Waals surface area (Å²) in [6.45, 7) is -4.77. The number of carbonyl (C=O) groups excluding carboxylic acids is 1. The van der Waals surface area contributed by atoms with Crippen LogP contribution in [0.4, 0.5) is 0 Å². The smallest absolute Gasteiger partial charge is 0.178 e. The molecule has 0 radical (unpaired) electrons. The van der Waals surface area contributed by atoms with Gasteiger partial charge in [-0.25, -0.2) is 0 Å². The second-order valence-electron chi connectivity index (χ2n) is 2.44. The molecule has 0 saturated heterocycles. The molecule has 0 saturated carbocycles. The topological polar surface area (TPSA) is 63.0 Å². The summed E-state index contributed by atoms with van der Waals surface area (Å²) in [6, 6.07) is 2.73. The van der Waals surface area contributed by atoms with Crippen LogP contribution in [0.1, 0.15) is 36.7 Å². The van der Waals surface area contributed by atoms with Crippen LogP contribution in [-0.2, 0) is 0 Å². The van der Waals surface area contributed by atoms with Gasteiger partial charge in [0.05, 0.1) is 9.30 Å². The first kappa shape index (κ1) is 5.11. The van der Waals surface area contributed by atoms with Gasteiger partial charge in [-0.15, -0.1) is 0 Å². The number of rotatable bonds is 3. The van der Waals surface area contributed by atoms with E-state index < -0.39 is 19.2 Å². The zero-order valence-corrected chi connectivity index (χ0v) is 7.37. The van der Waals surface area contributed by atoms with E-state index in [0.29, 0.717) is 0 Å². The standard InChI is InChI=1S/C10H10N2O2/c1-3-14-10-4-9(7(2)13)12-6-8(10)5-11/h4,6H,3H2,1-2H3/i1D3,3D2. The van der Waals surface area contributed by atoms with Crippen molar-refractivity contribution in [3.8, 4) is 11.8 Å². The minimum atomic E-state index is -3.03. The maximum absolute atomic E-state index is 11.2. The highest BCUT2D eigenvalue weighted by atomic mass is 16.5. The summed E-state index contributed by atoms with van der Waals surface area (Å²) in [5.74, 6) is -0.743. The van der Waals surface area contributed by atoms with E-state index in [9.17, 15) is 4.79 Å². The zero-order chi connectivity index (χ0) is 14.8. The molecule has 1 aromatic heterocycles. The first-order chi connectivity index (χ1) is 8.58. The molecule has 0 amide bonds. The van der Waals surface area contributed by atoms with E-state index in [1.165, 1.54) is 6.92 Å². The van der Waals surface area contributed by atoms with Crippen LogP contribution in [0.3, 0.4) is 0 Å². The maximum atomic E-state index is 11.2. The molecule has 0 aliphatic carbocycles.